The molecular formula is C20H15N5O5S. The number of anilines is 3. The molecular weight excluding hydrogens is 422 g/mol. The monoisotopic (exact) mass is 437 g/mol. The zero-order chi connectivity index (χ0) is 22.4. The third-order valence-corrected chi connectivity index (χ3v) is 5.36. The average molecular weight is 437 g/mol. The Morgan fingerprint density at radius 3 is 2.23 bits per heavy atom. The van der Waals surface area contributed by atoms with E-state index in [0.29, 0.717) is 5.69 Å². The second kappa shape index (κ2) is 8.93. The van der Waals surface area contributed by atoms with E-state index in [2.05, 4.69) is 15.4 Å². The number of carbonyl (C=O) groups excluding carboxylic acids is 1. The maximum Gasteiger partial charge on any atom is 0.323 e. The lowest BCUT2D eigenvalue weighted by molar-refractivity contribution is -0.384. The van der Waals surface area contributed by atoms with Gasteiger partial charge in [-0.15, -0.1) is 0 Å². The summed E-state index contributed by atoms with van der Waals surface area (Å²) in [4.78, 5) is 22.3. The summed E-state index contributed by atoms with van der Waals surface area (Å²) in [6.07, 6.45) is 0. The van der Waals surface area contributed by atoms with Crippen LogP contribution in [0.25, 0.3) is 0 Å². The summed E-state index contributed by atoms with van der Waals surface area (Å²) in [6, 6.07) is 18.2. The molecule has 2 amide bonds. The van der Waals surface area contributed by atoms with Crippen molar-refractivity contribution in [1.82, 2.24) is 0 Å². The summed E-state index contributed by atoms with van der Waals surface area (Å²) in [7, 11) is -3.89. The van der Waals surface area contributed by atoms with E-state index in [1.165, 1.54) is 72.8 Å². The van der Waals surface area contributed by atoms with Gasteiger partial charge in [0.05, 0.1) is 21.5 Å². The van der Waals surface area contributed by atoms with Crippen molar-refractivity contribution in [2.24, 2.45) is 0 Å². The Morgan fingerprint density at radius 1 is 0.903 bits per heavy atom. The van der Waals surface area contributed by atoms with Crippen LogP contribution in [0.15, 0.2) is 77.7 Å². The smallest absolute Gasteiger partial charge is 0.308 e. The standard InChI is InChI=1S/C20H15N5O5S/c21-13-14-3-1-6-19(11-14)31(29,30)24-16-9-7-15(8-10-16)22-20(26)23-17-4-2-5-18(12-17)25(27)28/h1-12,24H,(H2,22,23,26). The number of carbonyl (C=O) groups is 1. The Labute approximate surface area is 177 Å². The van der Waals surface area contributed by atoms with Gasteiger partial charge in [-0.2, -0.15) is 5.26 Å². The summed E-state index contributed by atoms with van der Waals surface area (Å²) < 4.78 is 27.3. The molecule has 0 bridgehead atoms. The van der Waals surface area contributed by atoms with Gasteiger partial charge in [-0.3, -0.25) is 14.8 Å². The van der Waals surface area contributed by atoms with Crippen molar-refractivity contribution in [3.63, 3.8) is 0 Å². The number of benzene rings is 3. The van der Waals surface area contributed by atoms with E-state index >= 15 is 0 Å². The van der Waals surface area contributed by atoms with Gasteiger partial charge in [0.2, 0.25) is 0 Å². The molecule has 0 aliphatic rings. The van der Waals surface area contributed by atoms with E-state index in [0.717, 1.165) is 0 Å². The first kappa shape index (κ1) is 21.3. The topological polar surface area (TPSA) is 154 Å². The highest BCUT2D eigenvalue weighted by molar-refractivity contribution is 7.92. The Kier molecular flexibility index (Phi) is 6.13. The number of non-ortho nitro benzene ring substituents is 1. The number of nitro groups is 1. The normalized spacial score (nSPS) is 10.5. The second-order valence-electron chi connectivity index (χ2n) is 6.21. The minimum absolute atomic E-state index is 0.0508. The zero-order valence-electron chi connectivity index (χ0n) is 15.8. The van der Waals surface area contributed by atoms with Gasteiger partial charge in [-0.1, -0.05) is 12.1 Å². The van der Waals surface area contributed by atoms with Crippen LogP contribution in [0, 0.1) is 21.4 Å². The van der Waals surface area contributed by atoms with Crippen LogP contribution in [0.5, 0.6) is 0 Å². The minimum atomic E-state index is -3.89. The van der Waals surface area contributed by atoms with Gasteiger partial charge in [0, 0.05) is 29.2 Å². The molecule has 0 spiro atoms. The van der Waals surface area contributed by atoms with Crippen molar-refractivity contribution >= 4 is 38.8 Å². The highest BCUT2D eigenvalue weighted by Gasteiger charge is 2.15. The molecule has 156 valence electrons. The lowest BCUT2D eigenvalue weighted by Crippen LogP contribution is -2.19. The zero-order valence-corrected chi connectivity index (χ0v) is 16.6. The fourth-order valence-corrected chi connectivity index (χ4v) is 3.66. The van der Waals surface area contributed by atoms with Crippen molar-refractivity contribution in [2.45, 2.75) is 4.90 Å². The average Bonchev–Trinajstić information content (AvgIpc) is 2.75. The molecule has 0 aromatic heterocycles. The molecule has 0 radical (unpaired) electrons. The maximum absolute atomic E-state index is 12.5. The molecule has 10 nitrogen and oxygen atoms in total. The van der Waals surface area contributed by atoms with Gasteiger partial charge in [0.25, 0.3) is 15.7 Å². The van der Waals surface area contributed by atoms with Gasteiger partial charge < -0.3 is 10.6 Å². The van der Waals surface area contributed by atoms with E-state index in [1.807, 2.05) is 6.07 Å². The molecule has 3 rings (SSSR count). The molecule has 3 aromatic rings. The maximum atomic E-state index is 12.5. The summed E-state index contributed by atoms with van der Waals surface area (Å²) in [6.45, 7) is 0. The minimum Gasteiger partial charge on any atom is -0.308 e. The highest BCUT2D eigenvalue weighted by Crippen LogP contribution is 2.20. The van der Waals surface area contributed by atoms with Gasteiger partial charge >= 0.3 is 6.03 Å². The third-order valence-electron chi connectivity index (χ3n) is 3.98. The largest absolute Gasteiger partial charge is 0.323 e. The van der Waals surface area contributed by atoms with Crippen LogP contribution in [0.2, 0.25) is 0 Å². The number of urea groups is 1. The number of nitriles is 1. The number of nitrogens with zero attached hydrogens (tertiary/aromatic N) is 2. The van der Waals surface area contributed by atoms with Crippen molar-refractivity contribution in [3.8, 4) is 6.07 Å². The Balaban J connectivity index is 1.65. The predicted molar refractivity (Wildman–Crippen MR) is 114 cm³/mol. The van der Waals surface area contributed by atoms with Gasteiger partial charge in [-0.25, -0.2) is 13.2 Å². The van der Waals surface area contributed by atoms with E-state index in [9.17, 15) is 23.3 Å². The number of hydrogen-bond acceptors (Lipinski definition) is 6. The molecule has 0 atom stereocenters. The number of sulfonamides is 1. The SMILES string of the molecule is N#Cc1cccc(S(=O)(=O)Nc2ccc(NC(=O)Nc3cccc([N+](=O)[O-])c3)cc2)c1. The summed E-state index contributed by atoms with van der Waals surface area (Å²) >= 11 is 0. The Bertz CT molecular complexity index is 1280. The van der Waals surface area contributed by atoms with Crippen LogP contribution in [0.1, 0.15) is 5.56 Å². The molecule has 11 heteroatoms. The van der Waals surface area contributed by atoms with E-state index in [1.54, 1.807) is 0 Å². The molecule has 0 saturated carbocycles. The van der Waals surface area contributed by atoms with E-state index < -0.39 is 21.0 Å². The van der Waals surface area contributed by atoms with Gasteiger partial charge in [-0.05, 0) is 48.5 Å². The quantitative estimate of drug-likeness (QED) is 0.392. The number of nitrogens with one attached hydrogen (secondary N) is 3. The highest BCUT2D eigenvalue weighted by atomic mass is 32.2. The van der Waals surface area contributed by atoms with Crippen LogP contribution in [-0.4, -0.2) is 19.4 Å². The molecule has 0 saturated heterocycles. The van der Waals surface area contributed by atoms with Crippen LogP contribution < -0.4 is 15.4 Å². The molecule has 3 N–H and O–H groups in total. The first-order valence-electron chi connectivity index (χ1n) is 8.72. The van der Waals surface area contributed by atoms with E-state index in [4.69, 9.17) is 5.26 Å². The fourth-order valence-electron chi connectivity index (χ4n) is 2.56. The third kappa shape index (κ3) is 5.55. The van der Waals surface area contributed by atoms with E-state index in [-0.39, 0.29) is 27.5 Å². The van der Waals surface area contributed by atoms with Gasteiger partial charge in [0.15, 0.2) is 0 Å². The second-order valence-corrected chi connectivity index (χ2v) is 7.89. The molecule has 0 aliphatic heterocycles. The fraction of sp³-hybridized carbons (Fsp3) is 0. The van der Waals surface area contributed by atoms with Crippen molar-refractivity contribution in [1.29, 1.82) is 5.26 Å². The molecule has 0 heterocycles. The molecule has 0 unspecified atom stereocenters. The first-order valence-corrected chi connectivity index (χ1v) is 10.2. The van der Waals surface area contributed by atoms with Crippen LogP contribution >= 0.6 is 0 Å². The number of rotatable bonds is 6. The number of amides is 2. The first-order chi connectivity index (χ1) is 14.8. The number of nitro benzene ring substituents is 1. The van der Waals surface area contributed by atoms with Crippen molar-refractivity contribution in [3.05, 3.63) is 88.5 Å². The Hall–Kier alpha value is -4.43. The lowest BCUT2D eigenvalue weighted by atomic mass is 10.2. The lowest BCUT2D eigenvalue weighted by Gasteiger charge is -2.10. The summed E-state index contributed by atoms with van der Waals surface area (Å²) in [5.41, 5.74) is 0.937. The summed E-state index contributed by atoms with van der Waals surface area (Å²) in [5, 5.41) is 24.7. The van der Waals surface area contributed by atoms with Crippen LogP contribution in [0.4, 0.5) is 27.5 Å². The molecule has 3 aromatic carbocycles. The van der Waals surface area contributed by atoms with Crippen LogP contribution in [-0.2, 0) is 10.0 Å². The van der Waals surface area contributed by atoms with Crippen LogP contribution in [0.3, 0.4) is 0 Å². The predicted octanol–water partition coefficient (Wildman–Crippen LogP) is 3.91. The Morgan fingerprint density at radius 2 is 1.55 bits per heavy atom. The molecule has 31 heavy (non-hydrogen) atoms. The van der Waals surface area contributed by atoms with Crippen molar-refractivity contribution in [2.75, 3.05) is 15.4 Å². The van der Waals surface area contributed by atoms with Gasteiger partial charge in [0.1, 0.15) is 0 Å². The summed E-state index contributed by atoms with van der Waals surface area (Å²) in [5.74, 6) is 0. The molecule has 0 aliphatic carbocycles. The van der Waals surface area contributed by atoms with Crippen molar-refractivity contribution < 1.29 is 18.1 Å². The number of hydrogen-bond donors (Lipinski definition) is 3. The molecule has 0 fully saturated rings.